The molecule has 0 unspecified atom stereocenters. The molecule has 0 aliphatic carbocycles. The Morgan fingerprint density at radius 1 is 1.04 bits per heavy atom. The molecule has 0 saturated carbocycles. The van der Waals surface area contributed by atoms with Crippen molar-refractivity contribution >= 4 is 12.0 Å². The Hall–Kier alpha value is -2.71. The predicted octanol–water partition coefficient (Wildman–Crippen LogP) is 2.96. The average molecular weight is 345 g/mol. The van der Waals surface area contributed by atoms with Crippen molar-refractivity contribution in [2.24, 2.45) is 0 Å². The van der Waals surface area contributed by atoms with Crippen LogP contribution in [0.15, 0.2) is 54.6 Å². The minimum atomic E-state index is -0.500. The third kappa shape index (κ3) is 7.15. The number of hydrogen-bond acceptors (Lipinski definition) is 7. The molecule has 0 spiro atoms. The summed E-state index contributed by atoms with van der Waals surface area (Å²) in [4.78, 5) is 16.2. The van der Waals surface area contributed by atoms with E-state index in [1.54, 1.807) is 30.3 Å². The van der Waals surface area contributed by atoms with Crippen molar-refractivity contribution in [3.63, 3.8) is 0 Å². The van der Waals surface area contributed by atoms with E-state index >= 15 is 0 Å². The number of carbonyl (C=O) groups is 1. The van der Waals surface area contributed by atoms with Gasteiger partial charge in [-0.05, 0) is 54.3 Å². The minimum absolute atomic E-state index is 0.163. The lowest BCUT2D eigenvalue weighted by atomic mass is 10.1. The summed E-state index contributed by atoms with van der Waals surface area (Å²) in [6.45, 7) is 0.172. The van der Waals surface area contributed by atoms with Gasteiger partial charge in [-0.25, -0.2) is 4.79 Å². The standard InChI is InChI=1S/C18H19NO6/c20-16-8-3-15(4-9-16)7-12-18(21)25-17-10-5-14(6-11-17)2-1-13-24-19(22)23/h3-12,20,22-23H,1-2,13H2/b12-7+. The van der Waals surface area contributed by atoms with E-state index in [0.717, 1.165) is 11.1 Å². The number of phenolic OH excluding ortho intramolecular Hbond substituents is 1. The van der Waals surface area contributed by atoms with Gasteiger partial charge in [0, 0.05) is 6.08 Å². The van der Waals surface area contributed by atoms with E-state index < -0.39 is 5.97 Å². The lowest BCUT2D eigenvalue weighted by Crippen LogP contribution is -2.15. The van der Waals surface area contributed by atoms with Gasteiger partial charge in [0.05, 0.1) is 12.0 Å². The summed E-state index contributed by atoms with van der Waals surface area (Å²) in [6.07, 6.45) is 4.20. The van der Waals surface area contributed by atoms with Gasteiger partial charge in [0.1, 0.15) is 11.5 Å². The summed E-state index contributed by atoms with van der Waals surface area (Å²) in [5.74, 6) is 0.0916. The summed E-state index contributed by atoms with van der Waals surface area (Å²) < 4.78 is 5.20. The lowest BCUT2D eigenvalue weighted by molar-refractivity contribution is -0.492. The highest BCUT2D eigenvalue weighted by atomic mass is 17.1. The maximum atomic E-state index is 11.8. The molecule has 0 atom stereocenters. The second-order valence-electron chi connectivity index (χ2n) is 5.18. The van der Waals surface area contributed by atoms with Crippen LogP contribution in [0.25, 0.3) is 6.08 Å². The van der Waals surface area contributed by atoms with Gasteiger partial charge in [-0.3, -0.25) is 15.3 Å². The second-order valence-corrected chi connectivity index (χ2v) is 5.18. The number of phenols is 1. The number of ether oxygens (including phenoxy) is 1. The minimum Gasteiger partial charge on any atom is -0.508 e. The maximum absolute atomic E-state index is 11.8. The molecule has 0 amide bonds. The highest BCUT2D eigenvalue weighted by Gasteiger charge is 2.02. The summed E-state index contributed by atoms with van der Waals surface area (Å²) in [6, 6.07) is 13.5. The fourth-order valence-corrected chi connectivity index (χ4v) is 2.05. The van der Waals surface area contributed by atoms with E-state index in [0.29, 0.717) is 18.6 Å². The molecule has 0 radical (unpaired) electrons. The fourth-order valence-electron chi connectivity index (χ4n) is 2.05. The predicted molar refractivity (Wildman–Crippen MR) is 88.9 cm³/mol. The number of carbonyl (C=O) groups excluding carboxylic acids is 1. The van der Waals surface area contributed by atoms with Gasteiger partial charge in [-0.1, -0.05) is 24.3 Å². The summed E-state index contributed by atoms with van der Waals surface area (Å²) in [5.41, 5.74) is 1.78. The smallest absolute Gasteiger partial charge is 0.336 e. The number of nitrogens with zero attached hydrogens (tertiary/aromatic N) is 1. The molecule has 2 rings (SSSR count). The monoisotopic (exact) mass is 345 g/mol. The average Bonchev–Trinajstić information content (AvgIpc) is 2.59. The highest BCUT2D eigenvalue weighted by Crippen LogP contribution is 2.15. The molecule has 7 nitrogen and oxygen atoms in total. The maximum Gasteiger partial charge on any atom is 0.336 e. The van der Waals surface area contributed by atoms with Crippen LogP contribution in [0.3, 0.4) is 0 Å². The van der Waals surface area contributed by atoms with Crippen LogP contribution in [0.1, 0.15) is 17.5 Å². The fraction of sp³-hybridized carbons (Fsp3) is 0.167. The van der Waals surface area contributed by atoms with Crippen molar-refractivity contribution in [3.05, 3.63) is 65.7 Å². The van der Waals surface area contributed by atoms with Gasteiger partial charge in [-0.2, -0.15) is 0 Å². The molecule has 2 aromatic rings. The van der Waals surface area contributed by atoms with E-state index in [2.05, 4.69) is 4.84 Å². The van der Waals surface area contributed by atoms with Crippen LogP contribution in [0.2, 0.25) is 0 Å². The Kier molecular flexibility index (Phi) is 7.12. The zero-order valence-electron chi connectivity index (χ0n) is 13.4. The largest absolute Gasteiger partial charge is 0.508 e. The number of benzene rings is 2. The van der Waals surface area contributed by atoms with Crippen LogP contribution >= 0.6 is 0 Å². The molecule has 0 fully saturated rings. The highest BCUT2D eigenvalue weighted by molar-refractivity contribution is 5.88. The summed E-state index contributed by atoms with van der Waals surface area (Å²) in [7, 11) is 0. The zero-order valence-corrected chi connectivity index (χ0v) is 13.4. The number of aromatic hydroxyl groups is 1. The number of aryl methyl sites for hydroxylation is 1. The third-order valence-corrected chi connectivity index (χ3v) is 3.26. The van der Waals surface area contributed by atoms with Crippen molar-refractivity contribution in [1.29, 1.82) is 0 Å². The van der Waals surface area contributed by atoms with Crippen molar-refractivity contribution in [3.8, 4) is 11.5 Å². The molecule has 7 heteroatoms. The molecule has 25 heavy (non-hydrogen) atoms. The molecule has 2 aromatic carbocycles. The van der Waals surface area contributed by atoms with E-state index in [4.69, 9.17) is 15.2 Å². The lowest BCUT2D eigenvalue weighted by Gasteiger charge is -2.06. The van der Waals surface area contributed by atoms with Gasteiger partial charge in [0.25, 0.3) is 0 Å². The number of esters is 1. The molecular weight excluding hydrogens is 326 g/mol. The first-order valence-electron chi connectivity index (χ1n) is 7.61. The summed E-state index contributed by atoms with van der Waals surface area (Å²) in [5, 5.41) is 25.7. The molecule has 0 aromatic heterocycles. The van der Waals surface area contributed by atoms with Gasteiger partial charge in [-0.15, -0.1) is 0 Å². The first-order valence-corrected chi connectivity index (χ1v) is 7.61. The number of hydrogen-bond donors (Lipinski definition) is 3. The molecule has 0 aliphatic rings. The van der Waals surface area contributed by atoms with Gasteiger partial charge in [0.2, 0.25) is 0 Å². The van der Waals surface area contributed by atoms with Crippen LogP contribution in [0.5, 0.6) is 11.5 Å². The van der Waals surface area contributed by atoms with Crippen LogP contribution in [-0.2, 0) is 16.1 Å². The molecular formula is C18H19NO6. The van der Waals surface area contributed by atoms with Gasteiger partial charge < -0.3 is 9.84 Å². The first-order chi connectivity index (χ1) is 12.0. The molecule has 0 aliphatic heterocycles. The molecule has 0 heterocycles. The molecule has 3 N–H and O–H groups in total. The molecule has 132 valence electrons. The zero-order chi connectivity index (χ0) is 18.1. The number of rotatable bonds is 8. The van der Waals surface area contributed by atoms with Crippen LogP contribution in [0.4, 0.5) is 0 Å². The normalized spacial score (nSPS) is 11.2. The van der Waals surface area contributed by atoms with Gasteiger partial charge in [0.15, 0.2) is 0 Å². The van der Waals surface area contributed by atoms with Crippen molar-refractivity contribution < 1.29 is 29.9 Å². The van der Waals surface area contributed by atoms with E-state index in [1.807, 2.05) is 12.1 Å². The van der Waals surface area contributed by atoms with Crippen LogP contribution in [-0.4, -0.2) is 33.5 Å². The first kappa shape index (κ1) is 18.6. The SMILES string of the molecule is O=C(/C=C/c1ccc(O)cc1)Oc1ccc(CCCON(O)O)cc1. The second kappa shape index (κ2) is 9.55. The van der Waals surface area contributed by atoms with E-state index in [9.17, 15) is 9.90 Å². The molecule has 0 saturated heterocycles. The summed E-state index contributed by atoms with van der Waals surface area (Å²) >= 11 is 0. The Morgan fingerprint density at radius 2 is 1.72 bits per heavy atom. The van der Waals surface area contributed by atoms with Crippen LogP contribution < -0.4 is 4.74 Å². The van der Waals surface area contributed by atoms with Crippen molar-refractivity contribution in [1.82, 2.24) is 5.39 Å². The Morgan fingerprint density at radius 3 is 2.36 bits per heavy atom. The van der Waals surface area contributed by atoms with Crippen molar-refractivity contribution in [2.45, 2.75) is 12.8 Å². The Balaban J connectivity index is 1.79. The van der Waals surface area contributed by atoms with E-state index in [1.165, 1.54) is 18.2 Å². The quantitative estimate of drug-likeness (QED) is 0.222. The van der Waals surface area contributed by atoms with Gasteiger partial charge >= 0.3 is 5.97 Å². The molecule has 0 bridgehead atoms. The Bertz CT molecular complexity index is 695. The van der Waals surface area contributed by atoms with Crippen molar-refractivity contribution in [2.75, 3.05) is 6.61 Å². The van der Waals surface area contributed by atoms with E-state index in [-0.39, 0.29) is 17.7 Å². The topological polar surface area (TPSA) is 99.5 Å². The van der Waals surface area contributed by atoms with Crippen LogP contribution in [0, 0.1) is 0 Å². The third-order valence-electron chi connectivity index (χ3n) is 3.26. The Labute approximate surface area is 144 Å².